The number of amides is 1. The van der Waals surface area contributed by atoms with Crippen LogP contribution in [0.3, 0.4) is 0 Å². The van der Waals surface area contributed by atoms with Gasteiger partial charge in [-0.25, -0.2) is 4.39 Å². The molecule has 0 radical (unpaired) electrons. The largest absolute Gasteiger partial charge is 0.398 e. The molecular weight excluding hydrogens is 531 g/mol. The Labute approximate surface area is 200 Å². The molecule has 0 heterocycles. The molecule has 0 aliphatic heterocycles. The fraction of sp³-hybridized carbons (Fsp3) is 0.364. The van der Waals surface area contributed by atoms with Crippen LogP contribution in [0, 0.1) is 25.2 Å². The predicted molar refractivity (Wildman–Crippen MR) is 107 cm³/mol. The summed E-state index contributed by atoms with van der Waals surface area (Å²) in [6.45, 7) is 1.79. The molecule has 0 atom stereocenters. The van der Waals surface area contributed by atoms with Crippen LogP contribution < -0.4 is 11.1 Å². The lowest BCUT2D eigenvalue weighted by Gasteiger charge is -2.52. The zero-order chi connectivity index (χ0) is 28.6. The Bertz CT molecular complexity index is 1280. The number of nitrogens with two attached hydrogens (primary N) is 1. The number of halogens is 11. The van der Waals surface area contributed by atoms with E-state index in [0.717, 1.165) is 26.0 Å². The van der Waals surface area contributed by atoms with Crippen LogP contribution in [-0.4, -0.2) is 35.5 Å². The second-order valence-electron chi connectivity index (χ2n) is 8.38. The maximum atomic E-state index is 15.4. The summed E-state index contributed by atoms with van der Waals surface area (Å²) in [5, 5.41) is 11.1. The number of nitriles is 1. The summed E-state index contributed by atoms with van der Waals surface area (Å²) in [7, 11) is 0. The number of aryl methyl sites for hydroxylation is 2. The van der Waals surface area contributed by atoms with Crippen molar-refractivity contribution in [2.24, 2.45) is 0 Å². The van der Waals surface area contributed by atoms with Crippen LogP contribution in [0.15, 0.2) is 30.3 Å². The minimum Gasteiger partial charge on any atom is -0.398 e. The number of nitrogens with one attached hydrogen (secondary N) is 1. The summed E-state index contributed by atoms with van der Waals surface area (Å²) in [5.74, 6) is -36.8. The van der Waals surface area contributed by atoms with Crippen LogP contribution in [0.5, 0.6) is 0 Å². The number of hydrogen-bond donors (Lipinski definition) is 2. The number of carbonyl (C=O) groups excluding carboxylic acids is 1. The SMILES string of the molecule is Cc1cc(C2(F)C(F)(F)C(F)(F)C(F)(F)C(F)(F)C2(F)F)cc(C)c1NC(=O)c1ccc(C#N)c(N)c1. The van der Waals surface area contributed by atoms with Gasteiger partial charge in [-0.1, -0.05) is 12.1 Å². The molecule has 1 amide bonds. The Kier molecular flexibility index (Phi) is 6.03. The van der Waals surface area contributed by atoms with Gasteiger partial charge in [0.25, 0.3) is 11.6 Å². The van der Waals surface area contributed by atoms with Crippen molar-refractivity contribution in [2.75, 3.05) is 11.1 Å². The molecule has 1 aliphatic carbocycles. The van der Waals surface area contributed by atoms with Crippen molar-refractivity contribution in [2.45, 2.75) is 49.1 Å². The Morgan fingerprint density at radius 3 is 1.62 bits per heavy atom. The zero-order valence-electron chi connectivity index (χ0n) is 18.5. The number of alkyl halides is 11. The molecule has 3 N–H and O–H groups in total. The molecule has 3 rings (SSSR count). The fourth-order valence-corrected chi connectivity index (χ4v) is 3.93. The van der Waals surface area contributed by atoms with Crippen LogP contribution in [0.25, 0.3) is 0 Å². The molecule has 15 heteroatoms. The van der Waals surface area contributed by atoms with Gasteiger partial charge in [-0.15, -0.1) is 0 Å². The smallest absolute Gasteiger partial charge is 0.384 e. The maximum Gasteiger partial charge on any atom is 0.384 e. The van der Waals surface area contributed by atoms with Crippen molar-refractivity contribution in [3.05, 3.63) is 58.1 Å². The van der Waals surface area contributed by atoms with E-state index in [0.29, 0.717) is 0 Å². The van der Waals surface area contributed by atoms with E-state index >= 15 is 4.39 Å². The lowest BCUT2D eigenvalue weighted by atomic mass is 9.68. The van der Waals surface area contributed by atoms with E-state index in [1.165, 1.54) is 6.07 Å². The molecule has 1 fully saturated rings. The van der Waals surface area contributed by atoms with Gasteiger partial charge in [-0.2, -0.15) is 49.2 Å². The standard InChI is InChI=1S/C22H14F11N3O/c1-9-5-13(6-10(2)15(9)36-16(37)11-3-4-12(8-34)14(35)7-11)17(23)18(24,25)20(28,29)22(32,33)21(30,31)19(17,26)27/h3-7H,35H2,1-2H3,(H,36,37). The maximum absolute atomic E-state index is 15.4. The van der Waals surface area contributed by atoms with Crippen LogP contribution in [-0.2, 0) is 5.67 Å². The molecule has 2 aromatic carbocycles. The molecular formula is C22H14F11N3O. The van der Waals surface area contributed by atoms with Crippen molar-refractivity contribution in [3.63, 3.8) is 0 Å². The van der Waals surface area contributed by atoms with E-state index in [9.17, 15) is 48.7 Å². The first-order valence-corrected chi connectivity index (χ1v) is 9.94. The van der Waals surface area contributed by atoms with Gasteiger partial charge in [-0.3, -0.25) is 4.79 Å². The number of nitrogen functional groups attached to an aromatic ring is 1. The summed E-state index contributed by atoms with van der Waals surface area (Å²) < 4.78 is 156. The topological polar surface area (TPSA) is 78.9 Å². The third kappa shape index (κ3) is 3.30. The van der Waals surface area contributed by atoms with E-state index in [1.54, 1.807) is 6.07 Å². The molecule has 37 heavy (non-hydrogen) atoms. The number of rotatable bonds is 3. The van der Waals surface area contributed by atoms with Gasteiger partial charge in [0.05, 0.1) is 11.3 Å². The van der Waals surface area contributed by atoms with Crippen molar-refractivity contribution < 1.29 is 53.1 Å². The first kappa shape index (κ1) is 28.0. The summed E-state index contributed by atoms with van der Waals surface area (Å²) in [5.41, 5.74) is -4.56. The third-order valence-corrected chi connectivity index (χ3v) is 6.05. The molecule has 1 aliphatic rings. The molecule has 1 saturated carbocycles. The van der Waals surface area contributed by atoms with E-state index in [4.69, 9.17) is 11.0 Å². The second kappa shape index (κ2) is 7.96. The predicted octanol–water partition coefficient (Wildman–Crippen LogP) is 6.36. The molecule has 4 nitrogen and oxygen atoms in total. The van der Waals surface area contributed by atoms with Crippen LogP contribution in [0.1, 0.15) is 32.6 Å². The van der Waals surface area contributed by atoms with E-state index < -0.39 is 57.9 Å². The quantitative estimate of drug-likeness (QED) is 0.348. The highest BCUT2D eigenvalue weighted by Gasteiger charge is 3.01. The highest BCUT2D eigenvalue weighted by molar-refractivity contribution is 6.05. The van der Waals surface area contributed by atoms with Crippen molar-refractivity contribution in [1.82, 2.24) is 0 Å². The van der Waals surface area contributed by atoms with Gasteiger partial charge in [0, 0.05) is 16.8 Å². The lowest BCUT2D eigenvalue weighted by molar-refractivity contribution is -0.489. The van der Waals surface area contributed by atoms with Crippen molar-refractivity contribution >= 4 is 17.3 Å². The van der Waals surface area contributed by atoms with Crippen LogP contribution in [0.2, 0.25) is 0 Å². The normalized spacial score (nSPS) is 22.1. The molecule has 0 saturated heterocycles. The molecule has 200 valence electrons. The van der Waals surface area contributed by atoms with E-state index in [-0.39, 0.29) is 34.6 Å². The monoisotopic (exact) mass is 545 g/mol. The number of benzene rings is 2. The van der Waals surface area contributed by atoms with E-state index in [2.05, 4.69) is 5.32 Å². The highest BCUT2D eigenvalue weighted by Crippen LogP contribution is 2.72. The number of nitrogens with zero attached hydrogens (tertiary/aromatic N) is 1. The van der Waals surface area contributed by atoms with Crippen molar-refractivity contribution in [3.8, 4) is 6.07 Å². The fourth-order valence-electron chi connectivity index (χ4n) is 3.93. The Morgan fingerprint density at radius 1 is 0.784 bits per heavy atom. The third-order valence-electron chi connectivity index (χ3n) is 6.05. The Balaban J connectivity index is 2.15. The Morgan fingerprint density at radius 2 is 1.22 bits per heavy atom. The number of carbonyl (C=O) groups is 1. The molecule has 0 spiro atoms. The average molecular weight is 545 g/mol. The molecule has 2 aromatic rings. The zero-order valence-corrected chi connectivity index (χ0v) is 18.5. The summed E-state index contributed by atoms with van der Waals surface area (Å²) >= 11 is 0. The van der Waals surface area contributed by atoms with Crippen LogP contribution >= 0.6 is 0 Å². The van der Waals surface area contributed by atoms with Gasteiger partial charge in [-0.05, 0) is 43.2 Å². The first-order chi connectivity index (χ1) is 16.6. The minimum atomic E-state index is -7.32. The minimum absolute atomic E-state index is 0.00928. The average Bonchev–Trinajstić information content (AvgIpc) is 2.78. The van der Waals surface area contributed by atoms with Gasteiger partial charge in [0.2, 0.25) is 0 Å². The van der Waals surface area contributed by atoms with E-state index in [1.807, 2.05) is 0 Å². The molecule has 0 aromatic heterocycles. The number of hydrogen-bond acceptors (Lipinski definition) is 3. The summed E-state index contributed by atoms with van der Waals surface area (Å²) in [4.78, 5) is 12.5. The first-order valence-electron chi connectivity index (χ1n) is 9.94. The van der Waals surface area contributed by atoms with Gasteiger partial charge >= 0.3 is 29.6 Å². The van der Waals surface area contributed by atoms with Crippen molar-refractivity contribution in [1.29, 1.82) is 5.26 Å². The molecule has 0 unspecified atom stereocenters. The second-order valence-corrected chi connectivity index (χ2v) is 8.38. The van der Waals surface area contributed by atoms with Gasteiger partial charge in [0.1, 0.15) is 6.07 Å². The number of anilines is 2. The lowest BCUT2D eigenvalue weighted by Crippen LogP contribution is -2.82. The van der Waals surface area contributed by atoms with Gasteiger partial charge < -0.3 is 11.1 Å². The van der Waals surface area contributed by atoms with Gasteiger partial charge in [0.15, 0.2) is 0 Å². The highest BCUT2D eigenvalue weighted by atomic mass is 19.4. The molecule has 0 bridgehead atoms. The Hall–Kier alpha value is -3.57. The summed E-state index contributed by atoms with van der Waals surface area (Å²) in [6.07, 6.45) is 0. The summed E-state index contributed by atoms with van der Waals surface area (Å²) in [6, 6.07) is 5.18. The van der Waals surface area contributed by atoms with Crippen LogP contribution in [0.4, 0.5) is 59.7 Å².